The first-order chi connectivity index (χ1) is 30.1. The van der Waals surface area contributed by atoms with Crippen molar-refractivity contribution in [3.8, 4) is 23.0 Å². The number of ether oxygens (including phenoxy) is 4. The molecule has 7 aromatic rings. The lowest BCUT2D eigenvalue weighted by Gasteiger charge is -2.26. The molecule has 7 rings (SSSR count). The van der Waals surface area contributed by atoms with E-state index in [1.165, 1.54) is 0 Å². The highest BCUT2D eigenvalue weighted by Gasteiger charge is 2.17. The summed E-state index contributed by atoms with van der Waals surface area (Å²) in [6.45, 7) is 8.84. The molecule has 306 valence electrons. The molecule has 0 aliphatic carbocycles. The zero-order valence-electron chi connectivity index (χ0n) is 33.9. The highest BCUT2D eigenvalue weighted by atomic mass is 16.5. The third kappa shape index (κ3) is 11.0. The highest BCUT2D eigenvalue weighted by Crippen LogP contribution is 2.35. The Balaban J connectivity index is 0.975. The monoisotopic (exact) mass is 819 g/mol. The van der Waals surface area contributed by atoms with Crippen LogP contribution in [-0.2, 0) is 22.4 Å². The van der Waals surface area contributed by atoms with Crippen LogP contribution in [0, 0.1) is 6.92 Å². The Morgan fingerprint density at radius 2 is 0.677 bits per heavy atom. The van der Waals surface area contributed by atoms with Crippen LogP contribution in [0.3, 0.4) is 0 Å². The normalized spacial score (nSPS) is 10.5. The number of nitrogens with zero attached hydrogens (tertiary/aromatic N) is 1. The maximum absolute atomic E-state index is 13.2. The summed E-state index contributed by atoms with van der Waals surface area (Å²) < 4.78 is 21.7. The molecule has 62 heavy (non-hydrogen) atoms. The summed E-state index contributed by atoms with van der Waals surface area (Å²) in [5.74, 6) is -0.286. The minimum atomic E-state index is -0.512. The van der Waals surface area contributed by atoms with E-state index in [2.05, 4.69) is 13.2 Å². The van der Waals surface area contributed by atoms with Crippen molar-refractivity contribution < 1.29 is 38.1 Å². The van der Waals surface area contributed by atoms with Gasteiger partial charge in [0.05, 0.1) is 11.1 Å². The Morgan fingerprint density at radius 3 is 0.968 bits per heavy atom. The number of hydrogen-bond acceptors (Lipinski definition) is 9. The van der Waals surface area contributed by atoms with Gasteiger partial charge in [0.15, 0.2) is 0 Å². The second-order valence-electron chi connectivity index (χ2n) is 14.2. The van der Waals surface area contributed by atoms with Crippen LogP contribution in [0.2, 0.25) is 0 Å². The van der Waals surface area contributed by atoms with Crippen molar-refractivity contribution in [1.29, 1.82) is 0 Å². The number of anilines is 3. The minimum Gasteiger partial charge on any atom is -0.423 e. The summed E-state index contributed by atoms with van der Waals surface area (Å²) >= 11 is 0. The predicted octanol–water partition coefficient (Wildman–Crippen LogP) is 11.3. The van der Waals surface area contributed by atoms with Crippen LogP contribution < -0.4 is 23.8 Å². The van der Waals surface area contributed by atoms with Gasteiger partial charge in [-0.05, 0) is 151 Å². The molecule has 0 amide bonds. The third-order valence-electron chi connectivity index (χ3n) is 9.72. The molecule has 0 spiro atoms. The van der Waals surface area contributed by atoms with E-state index in [9.17, 15) is 19.2 Å². The Morgan fingerprint density at radius 1 is 0.403 bits per heavy atom. The van der Waals surface area contributed by atoms with Gasteiger partial charge in [-0.2, -0.15) is 0 Å². The number of carbonyl (C=O) groups excluding carboxylic acids is 4. The SMILES string of the molecule is C=CC(=O)Oc1ccc(Cc2ccc(OC(=O)c3ccc(N(c4ccc(C)cc4)c4ccc(C(=O)Oc5ccc(Cc6ccc(OC(=O)C=C)cc6)cc5)cc4)cc3)cc2)cc1. The van der Waals surface area contributed by atoms with Crippen molar-refractivity contribution in [3.63, 3.8) is 0 Å². The molecule has 0 saturated heterocycles. The zero-order valence-corrected chi connectivity index (χ0v) is 33.9. The molecule has 0 fully saturated rings. The molecule has 0 unspecified atom stereocenters. The molecule has 9 heteroatoms. The van der Waals surface area contributed by atoms with Crippen LogP contribution in [0.25, 0.3) is 0 Å². The van der Waals surface area contributed by atoms with Gasteiger partial charge in [-0.15, -0.1) is 0 Å². The zero-order chi connectivity index (χ0) is 43.4. The Bertz CT molecular complexity index is 2520. The van der Waals surface area contributed by atoms with Crippen LogP contribution >= 0.6 is 0 Å². The van der Waals surface area contributed by atoms with E-state index in [4.69, 9.17) is 18.9 Å². The molecular weight excluding hydrogens is 779 g/mol. The van der Waals surface area contributed by atoms with E-state index < -0.39 is 23.9 Å². The second-order valence-corrected chi connectivity index (χ2v) is 14.2. The van der Waals surface area contributed by atoms with Crippen LogP contribution in [0.4, 0.5) is 17.1 Å². The molecule has 0 radical (unpaired) electrons. The molecule has 9 nitrogen and oxygen atoms in total. The van der Waals surface area contributed by atoms with E-state index in [0.29, 0.717) is 47.0 Å². The van der Waals surface area contributed by atoms with E-state index in [1.54, 1.807) is 72.8 Å². The quantitative estimate of drug-likeness (QED) is 0.0567. The van der Waals surface area contributed by atoms with Crippen molar-refractivity contribution in [2.24, 2.45) is 0 Å². The molecule has 0 N–H and O–H groups in total. The van der Waals surface area contributed by atoms with Gasteiger partial charge in [0.2, 0.25) is 0 Å². The molecule has 0 atom stereocenters. The van der Waals surface area contributed by atoms with E-state index in [1.807, 2.05) is 109 Å². The fourth-order valence-electron chi connectivity index (χ4n) is 6.45. The first-order valence-electron chi connectivity index (χ1n) is 19.7. The summed E-state index contributed by atoms with van der Waals surface area (Å²) in [6, 6.07) is 51.5. The highest BCUT2D eigenvalue weighted by molar-refractivity contribution is 5.93. The lowest BCUT2D eigenvalue weighted by Crippen LogP contribution is -2.13. The Labute approximate surface area is 359 Å². The molecule has 0 heterocycles. The van der Waals surface area contributed by atoms with E-state index in [0.717, 1.165) is 57.0 Å². The summed E-state index contributed by atoms with van der Waals surface area (Å²) in [6.07, 6.45) is 3.52. The predicted molar refractivity (Wildman–Crippen MR) is 239 cm³/mol. The van der Waals surface area contributed by atoms with Crippen LogP contribution in [-0.4, -0.2) is 23.9 Å². The van der Waals surface area contributed by atoms with Gasteiger partial charge in [0.25, 0.3) is 0 Å². The number of esters is 4. The fraction of sp³-hybridized carbons (Fsp3) is 0.0566. The number of rotatable bonds is 15. The van der Waals surface area contributed by atoms with Crippen LogP contribution in [0.15, 0.2) is 195 Å². The topological polar surface area (TPSA) is 108 Å². The standard InChI is InChI=1S/C53H41NO8/c1-4-50(55)59-46-26-8-37(9-27-46)34-39-12-30-48(31-13-39)61-52(57)41-16-22-44(23-17-41)54(43-20-6-36(3)7-21-43)45-24-18-42(19-25-45)53(58)62-49-32-14-40(15-33-49)35-38-10-28-47(29-11-38)60-51(56)5-2/h4-33H,1-2,34-35H2,3H3. The number of hydrogen-bond donors (Lipinski definition) is 0. The molecule has 0 aliphatic rings. The van der Waals surface area contributed by atoms with E-state index in [-0.39, 0.29) is 0 Å². The summed E-state index contributed by atoms with van der Waals surface area (Å²) in [4.78, 5) is 51.3. The average Bonchev–Trinajstić information content (AvgIpc) is 3.30. The molecule has 0 saturated carbocycles. The first kappa shape index (κ1) is 41.8. The lowest BCUT2D eigenvalue weighted by atomic mass is 10.0. The molecular formula is C53H41NO8. The fourth-order valence-corrected chi connectivity index (χ4v) is 6.45. The molecule has 0 bridgehead atoms. The van der Waals surface area contributed by atoms with Gasteiger partial charge in [0.1, 0.15) is 23.0 Å². The first-order valence-corrected chi connectivity index (χ1v) is 19.7. The summed E-state index contributed by atoms with van der Waals surface area (Å²) in [5.41, 5.74) is 8.44. The largest absolute Gasteiger partial charge is 0.423 e. The van der Waals surface area contributed by atoms with Crippen molar-refractivity contribution in [3.05, 3.63) is 234 Å². The van der Waals surface area contributed by atoms with Gasteiger partial charge in [-0.3, -0.25) is 0 Å². The molecule has 0 aromatic heterocycles. The number of aryl methyl sites for hydroxylation is 1. The Kier molecular flexibility index (Phi) is 13.3. The maximum Gasteiger partial charge on any atom is 0.343 e. The van der Waals surface area contributed by atoms with Crippen molar-refractivity contribution in [2.75, 3.05) is 4.90 Å². The van der Waals surface area contributed by atoms with E-state index >= 15 is 0 Å². The smallest absolute Gasteiger partial charge is 0.343 e. The third-order valence-corrected chi connectivity index (χ3v) is 9.72. The van der Waals surface area contributed by atoms with Gasteiger partial charge >= 0.3 is 23.9 Å². The number of carbonyl (C=O) groups is 4. The van der Waals surface area contributed by atoms with Crippen molar-refractivity contribution in [1.82, 2.24) is 0 Å². The van der Waals surface area contributed by atoms with Crippen LogP contribution in [0.1, 0.15) is 48.5 Å². The van der Waals surface area contributed by atoms with Gasteiger partial charge in [-0.1, -0.05) is 79.4 Å². The summed E-state index contributed by atoms with van der Waals surface area (Å²) in [5, 5.41) is 0. The average molecular weight is 820 g/mol. The second kappa shape index (κ2) is 19.6. The van der Waals surface area contributed by atoms with Crippen molar-refractivity contribution >= 4 is 40.9 Å². The van der Waals surface area contributed by atoms with Crippen molar-refractivity contribution in [2.45, 2.75) is 19.8 Å². The molecule has 0 aliphatic heterocycles. The number of benzene rings is 7. The maximum atomic E-state index is 13.2. The summed E-state index contributed by atoms with van der Waals surface area (Å²) in [7, 11) is 0. The van der Waals surface area contributed by atoms with Gasteiger partial charge in [0, 0.05) is 29.2 Å². The van der Waals surface area contributed by atoms with Gasteiger partial charge < -0.3 is 23.8 Å². The lowest BCUT2D eigenvalue weighted by molar-refractivity contribution is -0.129. The Hall–Kier alpha value is -8.30. The minimum absolute atomic E-state index is 0.382. The van der Waals surface area contributed by atoms with Gasteiger partial charge in [-0.25, -0.2) is 19.2 Å². The van der Waals surface area contributed by atoms with Crippen LogP contribution in [0.5, 0.6) is 23.0 Å². The molecule has 7 aromatic carbocycles.